The molecule has 154 valence electrons. The Labute approximate surface area is 183 Å². The van der Waals surface area contributed by atoms with E-state index in [1.807, 2.05) is 18.2 Å². The van der Waals surface area contributed by atoms with Gasteiger partial charge in [-0.1, -0.05) is 36.4 Å². The lowest BCUT2D eigenvalue weighted by Crippen LogP contribution is -2.37. The minimum absolute atomic E-state index is 0. The smallest absolute Gasteiger partial charge is 0.215 e. The van der Waals surface area contributed by atoms with E-state index in [4.69, 9.17) is 0 Å². The quantitative estimate of drug-likeness (QED) is 0.284. The summed E-state index contributed by atoms with van der Waals surface area (Å²) in [6, 6.07) is 13.9. The molecule has 0 heterocycles. The van der Waals surface area contributed by atoms with E-state index in [0.29, 0.717) is 25.5 Å². The fourth-order valence-corrected chi connectivity index (χ4v) is 3.24. The van der Waals surface area contributed by atoms with Gasteiger partial charge in [0.1, 0.15) is 5.82 Å². The number of hydrogen-bond donors (Lipinski definition) is 3. The zero-order valence-electron chi connectivity index (χ0n) is 15.9. The molecule has 0 aliphatic carbocycles. The van der Waals surface area contributed by atoms with Crippen LogP contribution in [0.4, 0.5) is 4.39 Å². The predicted octanol–water partition coefficient (Wildman–Crippen LogP) is 2.40. The molecule has 0 aliphatic rings. The molecule has 2 rings (SSSR count). The maximum atomic E-state index is 13.2. The molecule has 0 spiro atoms. The Hall–Kier alpha value is -1.72. The third kappa shape index (κ3) is 8.53. The van der Waals surface area contributed by atoms with E-state index in [1.165, 1.54) is 19.2 Å². The summed E-state index contributed by atoms with van der Waals surface area (Å²) in [6.07, 6.45) is 0.688. The average Bonchev–Trinajstić information content (AvgIpc) is 2.65. The van der Waals surface area contributed by atoms with Crippen molar-refractivity contribution in [1.82, 2.24) is 15.4 Å². The van der Waals surface area contributed by atoms with Gasteiger partial charge in [0.2, 0.25) is 10.0 Å². The van der Waals surface area contributed by atoms with E-state index in [0.717, 1.165) is 16.7 Å². The summed E-state index contributed by atoms with van der Waals surface area (Å²) >= 11 is 0. The van der Waals surface area contributed by atoms with Crippen LogP contribution in [0.5, 0.6) is 0 Å². The summed E-state index contributed by atoms with van der Waals surface area (Å²) in [6.45, 7) is 1.18. The Morgan fingerprint density at radius 1 is 1.04 bits per heavy atom. The van der Waals surface area contributed by atoms with Crippen LogP contribution in [0.25, 0.3) is 0 Å². The molecule has 28 heavy (non-hydrogen) atoms. The molecule has 0 amide bonds. The number of aliphatic imine (C=N–C) groups is 1. The van der Waals surface area contributed by atoms with Crippen molar-refractivity contribution in [3.05, 3.63) is 71.0 Å². The maximum absolute atomic E-state index is 13.2. The van der Waals surface area contributed by atoms with Crippen LogP contribution in [0.3, 0.4) is 0 Å². The molecular weight excluding hydrogens is 494 g/mol. The number of rotatable bonds is 8. The normalized spacial score (nSPS) is 11.6. The Morgan fingerprint density at radius 3 is 2.32 bits per heavy atom. The lowest BCUT2D eigenvalue weighted by atomic mass is 10.1. The van der Waals surface area contributed by atoms with E-state index in [1.54, 1.807) is 25.2 Å². The van der Waals surface area contributed by atoms with Crippen LogP contribution >= 0.6 is 24.0 Å². The highest BCUT2D eigenvalue weighted by atomic mass is 127. The largest absolute Gasteiger partial charge is 0.356 e. The van der Waals surface area contributed by atoms with Crippen molar-refractivity contribution in [1.29, 1.82) is 0 Å². The van der Waals surface area contributed by atoms with E-state index in [9.17, 15) is 12.8 Å². The second-order valence-corrected chi connectivity index (χ2v) is 7.94. The van der Waals surface area contributed by atoms with Gasteiger partial charge in [-0.3, -0.25) is 4.99 Å². The number of nitrogens with zero attached hydrogens (tertiary/aromatic N) is 1. The van der Waals surface area contributed by atoms with Crippen LogP contribution in [0.2, 0.25) is 0 Å². The van der Waals surface area contributed by atoms with Crippen molar-refractivity contribution in [2.75, 3.05) is 20.6 Å². The molecule has 0 aliphatic heterocycles. The van der Waals surface area contributed by atoms with Crippen LogP contribution in [-0.4, -0.2) is 35.0 Å². The van der Waals surface area contributed by atoms with Gasteiger partial charge >= 0.3 is 0 Å². The van der Waals surface area contributed by atoms with Crippen LogP contribution in [0, 0.1) is 5.82 Å². The van der Waals surface area contributed by atoms with Crippen molar-refractivity contribution >= 4 is 40.0 Å². The summed E-state index contributed by atoms with van der Waals surface area (Å²) in [5.74, 6) is 0.370. The standard InChI is InChI=1S/C19H25FN4O2S.HI/c1-21-19(23-11-10-15-4-3-5-18(20)12-15)24-13-16-6-8-17(9-7-16)14-27(25,26)22-2;/h3-9,12,22H,10-11,13-14H2,1-2H3,(H2,21,23,24);1H. The van der Waals surface area contributed by atoms with Crippen LogP contribution < -0.4 is 15.4 Å². The molecule has 0 atom stereocenters. The van der Waals surface area contributed by atoms with E-state index >= 15 is 0 Å². The number of halogens is 2. The number of hydrogen-bond acceptors (Lipinski definition) is 3. The SMILES string of the molecule is CN=C(NCCc1cccc(F)c1)NCc1ccc(CS(=O)(=O)NC)cc1.I. The number of benzene rings is 2. The maximum Gasteiger partial charge on any atom is 0.215 e. The van der Waals surface area contributed by atoms with Gasteiger partial charge < -0.3 is 10.6 Å². The van der Waals surface area contributed by atoms with Crippen LogP contribution in [0.1, 0.15) is 16.7 Å². The third-order valence-electron chi connectivity index (χ3n) is 3.97. The summed E-state index contributed by atoms with van der Waals surface area (Å²) in [7, 11) is -0.182. The van der Waals surface area contributed by atoms with Gasteiger partial charge in [0.25, 0.3) is 0 Å². The lowest BCUT2D eigenvalue weighted by molar-refractivity contribution is 0.587. The van der Waals surface area contributed by atoms with Gasteiger partial charge in [0, 0.05) is 20.1 Å². The predicted molar refractivity (Wildman–Crippen MR) is 122 cm³/mol. The fraction of sp³-hybridized carbons (Fsp3) is 0.316. The van der Waals surface area contributed by atoms with Gasteiger partial charge in [-0.25, -0.2) is 17.5 Å². The van der Waals surface area contributed by atoms with E-state index in [2.05, 4.69) is 20.3 Å². The molecular formula is C19H26FIN4O2S. The number of guanidine groups is 1. The molecule has 2 aromatic carbocycles. The molecule has 0 saturated heterocycles. The molecule has 0 aromatic heterocycles. The Balaban J connectivity index is 0.00000392. The van der Waals surface area contributed by atoms with Gasteiger partial charge in [0.15, 0.2) is 5.96 Å². The highest BCUT2D eigenvalue weighted by Crippen LogP contribution is 2.08. The fourth-order valence-electron chi connectivity index (χ4n) is 2.47. The van der Waals surface area contributed by atoms with Crippen LogP contribution in [0.15, 0.2) is 53.5 Å². The minimum atomic E-state index is -3.27. The van der Waals surface area contributed by atoms with Crippen molar-refractivity contribution in [2.24, 2.45) is 4.99 Å². The third-order valence-corrected chi connectivity index (χ3v) is 5.30. The number of sulfonamides is 1. The van der Waals surface area contributed by atoms with Gasteiger partial charge in [-0.05, 0) is 42.3 Å². The summed E-state index contributed by atoms with van der Waals surface area (Å²) in [5, 5.41) is 6.38. The first-order valence-corrected chi connectivity index (χ1v) is 10.2. The van der Waals surface area contributed by atoms with Crippen molar-refractivity contribution in [3.63, 3.8) is 0 Å². The molecule has 3 N–H and O–H groups in total. The van der Waals surface area contributed by atoms with E-state index in [-0.39, 0.29) is 35.5 Å². The molecule has 9 heteroatoms. The molecule has 0 fully saturated rings. The van der Waals surface area contributed by atoms with E-state index < -0.39 is 10.0 Å². The Bertz CT molecular complexity index is 874. The first-order valence-electron chi connectivity index (χ1n) is 8.60. The second-order valence-electron chi connectivity index (χ2n) is 6.01. The number of nitrogens with one attached hydrogen (secondary N) is 3. The molecule has 0 bridgehead atoms. The second kappa shape index (κ2) is 12.0. The van der Waals surface area contributed by atoms with Crippen molar-refractivity contribution in [3.8, 4) is 0 Å². The lowest BCUT2D eigenvalue weighted by Gasteiger charge is -2.12. The zero-order chi connectivity index (χ0) is 19.7. The first kappa shape index (κ1) is 24.3. The van der Waals surface area contributed by atoms with Gasteiger partial charge in [-0.15, -0.1) is 24.0 Å². The first-order chi connectivity index (χ1) is 12.9. The topological polar surface area (TPSA) is 82.6 Å². The highest BCUT2D eigenvalue weighted by molar-refractivity contribution is 14.0. The molecule has 0 saturated carbocycles. The Kier molecular flexibility index (Phi) is 10.4. The van der Waals surface area contributed by atoms with Crippen molar-refractivity contribution in [2.45, 2.75) is 18.7 Å². The Morgan fingerprint density at radius 2 is 1.71 bits per heavy atom. The van der Waals surface area contributed by atoms with Crippen molar-refractivity contribution < 1.29 is 12.8 Å². The molecule has 2 aromatic rings. The molecule has 6 nitrogen and oxygen atoms in total. The summed E-state index contributed by atoms with van der Waals surface area (Å²) in [4.78, 5) is 4.16. The molecule has 0 radical (unpaired) electrons. The summed E-state index contributed by atoms with van der Waals surface area (Å²) in [5.41, 5.74) is 2.66. The zero-order valence-corrected chi connectivity index (χ0v) is 19.1. The highest BCUT2D eigenvalue weighted by Gasteiger charge is 2.08. The van der Waals surface area contributed by atoms with Crippen LogP contribution in [-0.2, 0) is 28.7 Å². The minimum Gasteiger partial charge on any atom is -0.356 e. The monoisotopic (exact) mass is 520 g/mol. The molecule has 0 unspecified atom stereocenters. The summed E-state index contributed by atoms with van der Waals surface area (Å²) < 4.78 is 38.6. The van der Waals surface area contributed by atoms with Gasteiger partial charge in [0.05, 0.1) is 5.75 Å². The van der Waals surface area contributed by atoms with Gasteiger partial charge in [-0.2, -0.15) is 0 Å². The average molecular weight is 520 g/mol.